The summed E-state index contributed by atoms with van der Waals surface area (Å²) in [5.74, 6) is -0.0852. The van der Waals surface area contributed by atoms with Crippen LogP contribution in [0.2, 0.25) is 5.02 Å². The van der Waals surface area contributed by atoms with Crippen LogP contribution in [0.1, 0.15) is 22.8 Å². The summed E-state index contributed by atoms with van der Waals surface area (Å²) >= 11 is 5.80. The van der Waals surface area contributed by atoms with Crippen molar-refractivity contribution in [3.05, 3.63) is 89.2 Å². The van der Waals surface area contributed by atoms with E-state index in [-0.39, 0.29) is 18.4 Å². The molecule has 0 aliphatic heterocycles. The maximum absolute atomic E-state index is 12.2. The maximum atomic E-state index is 12.2. The van der Waals surface area contributed by atoms with Gasteiger partial charge in [0, 0.05) is 23.1 Å². The highest BCUT2D eigenvalue weighted by Crippen LogP contribution is 2.15. The number of benzene rings is 2. The number of nitrogens with zero attached hydrogens (tertiary/aromatic N) is 2. The van der Waals surface area contributed by atoms with Crippen LogP contribution in [-0.4, -0.2) is 29.1 Å². The summed E-state index contributed by atoms with van der Waals surface area (Å²) in [6.07, 6.45) is 3.11. The van der Waals surface area contributed by atoms with Gasteiger partial charge in [-0.15, -0.1) is 0 Å². The van der Waals surface area contributed by atoms with Crippen LogP contribution in [0.15, 0.2) is 78.2 Å². The van der Waals surface area contributed by atoms with Gasteiger partial charge in [-0.2, -0.15) is 5.10 Å². The summed E-state index contributed by atoms with van der Waals surface area (Å²) in [5, 5.41) is 7.47. The zero-order valence-electron chi connectivity index (χ0n) is 16.1. The van der Waals surface area contributed by atoms with Crippen LogP contribution in [0.25, 0.3) is 0 Å². The minimum Gasteiger partial charge on any atom is -0.484 e. The summed E-state index contributed by atoms with van der Waals surface area (Å²) < 4.78 is 5.37. The molecular formula is C22H19ClN4O3. The lowest BCUT2D eigenvalue weighted by Crippen LogP contribution is -2.25. The predicted octanol–water partition coefficient (Wildman–Crippen LogP) is 3.91. The third-order valence-corrected chi connectivity index (χ3v) is 4.27. The number of carbonyl (C=O) groups excluding carboxylic acids is 2. The van der Waals surface area contributed by atoms with E-state index in [1.54, 1.807) is 73.8 Å². The highest BCUT2D eigenvalue weighted by Gasteiger charge is 2.07. The molecule has 8 heteroatoms. The molecule has 0 atom stereocenters. The van der Waals surface area contributed by atoms with Crippen LogP contribution < -0.4 is 15.5 Å². The quantitative estimate of drug-likeness (QED) is 0.446. The number of ether oxygens (including phenoxy) is 1. The molecule has 3 rings (SSSR count). The summed E-state index contributed by atoms with van der Waals surface area (Å²) in [6.45, 7) is 1.60. The number of hydrogen-bond acceptors (Lipinski definition) is 5. The number of carbonyl (C=O) groups is 2. The highest BCUT2D eigenvalue weighted by molar-refractivity contribution is 6.30. The Hall–Kier alpha value is -3.71. The van der Waals surface area contributed by atoms with Crippen LogP contribution in [0.5, 0.6) is 5.75 Å². The van der Waals surface area contributed by atoms with Crippen molar-refractivity contribution in [3.8, 4) is 5.75 Å². The molecule has 2 amide bonds. The molecule has 1 heterocycles. The molecule has 152 valence electrons. The molecule has 2 N–H and O–H groups in total. The van der Waals surface area contributed by atoms with Gasteiger partial charge < -0.3 is 10.1 Å². The molecule has 0 aliphatic carbocycles. The molecule has 0 radical (unpaired) electrons. The lowest BCUT2D eigenvalue weighted by Gasteiger charge is -2.07. The first kappa shape index (κ1) is 21.0. The number of anilines is 1. The monoisotopic (exact) mass is 422 g/mol. The molecule has 0 unspecified atom stereocenters. The number of hydrogen-bond donors (Lipinski definition) is 2. The van der Waals surface area contributed by atoms with E-state index in [4.69, 9.17) is 16.3 Å². The molecule has 0 fully saturated rings. The van der Waals surface area contributed by atoms with Gasteiger partial charge in [0.2, 0.25) is 0 Å². The van der Waals surface area contributed by atoms with E-state index in [0.717, 1.165) is 5.56 Å². The van der Waals surface area contributed by atoms with Gasteiger partial charge >= 0.3 is 0 Å². The van der Waals surface area contributed by atoms with Crippen molar-refractivity contribution in [1.82, 2.24) is 10.4 Å². The second kappa shape index (κ2) is 10.2. The minimum absolute atomic E-state index is 0.169. The van der Waals surface area contributed by atoms with Crippen molar-refractivity contribution in [1.29, 1.82) is 0 Å². The largest absolute Gasteiger partial charge is 0.484 e. The summed E-state index contributed by atoms with van der Waals surface area (Å²) in [4.78, 5) is 28.0. The first-order valence-electron chi connectivity index (χ1n) is 9.04. The standard InChI is InChI=1S/C22H19ClN4O3/c1-15(26-27-21(28)14-30-20-10-6-18(23)7-11-20)16-4-8-19(9-5-16)25-22(29)17-3-2-12-24-13-17/h2-13H,14H2,1H3,(H,25,29)(H,27,28). The SMILES string of the molecule is CC(=NNC(=O)COc1ccc(Cl)cc1)c1ccc(NC(=O)c2cccnc2)cc1. The van der Waals surface area contributed by atoms with Crippen LogP contribution in [0, 0.1) is 0 Å². The van der Waals surface area contributed by atoms with Gasteiger partial charge in [-0.25, -0.2) is 5.43 Å². The molecule has 30 heavy (non-hydrogen) atoms. The molecule has 1 aromatic heterocycles. The van der Waals surface area contributed by atoms with E-state index in [2.05, 4.69) is 20.8 Å². The lowest BCUT2D eigenvalue weighted by atomic mass is 10.1. The first-order chi connectivity index (χ1) is 14.5. The second-order valence-corrected chi connectivity index (χ2v) is 6.68. The number of aromatic nitrogens is 1. The van der Waals surface area contributed by atoms with Gasteiger partial charge in [-0.05, 0) is 61.0 Å². The minimum atomic E-state index is -0.385. The van der Waals surface area contributed by atoms with Crippen molar-refractivity contribution in [2.75, 3.05) is 11.9 Å². The van der Waals surface area contributed by atoms with E-state index >= 15 is 0 Å². The fourth-order valence-electron chi connectivity index (χ4n) is 2.42. The Morgan fingerprint density at radius 3 is 2.43 bits per heavy atom. The van der Waals surface area contributed by atoms with E-state index in [9.17, 15) is 9.59 Å². The number of pyridine rings is 1. The molecule has 0 saturated carbocycles. The van der Waals surface area contributed by atoms with Gasteiger partial charge in [0.25, 0.3) is 11.8 Å². The molecule has 0 spiro atoms. The Morgan fingerprint density at radius 1 is 1.03 bits per heavy atom. The Kier molecular flexibility index (Phi) is 7.13. The molecule has 0 bridgehead atoms. The zero-order chi connectivity index (χ0) is 21.3. The average Bonchev–Trinajstić information content (AvgIpc) is 2.78. The number of amides is 2. The van der Waals surface area contributed by atoms with Crippen LogP contribution in [0.3, 0.4) is 0 Å². The van der Waals surface area contributed by atoms with Crippen LogP contribution in [-0.2, 0) is 4.79 Å². The zero-order valence-corrected chi connectivity index (χ0v) is 16.9. The van der Waals surface area contributed by atoms with E-state index < -0.39 is 0 Å². The van der Waals surface area contributed by atoms with E-state index in [1.165, 1.54) is 6.20 Å². The van der Waals surface area contributed by atoms with Crippen molar-refractivity contribution in [3.63, 3.8) is 0 Å². The van der Waals surface area contributed by atoms with Gasteiger partial charge in [-0.1, -0.05) is 23.7 Å². The van der Waals surface area contributed by atoms with Gasteiger partial charge in [0.05, 0.1) is 11.3 Å². The number of halogens is 1. The van der Waals surface area contributed by atoms with Crippen molar-refractivity contribution < 1.29 is 14.3 Å². The van der Waals surface area contributed by atoms with Crippen molar-refractivity contribution in [2.24, 2.45) is 5.10 Å². The maximum Gasteiger partial charge on any atom is 0.277 e. The third-order valence-electron chi connectivity index (χ3n) is 4.02. The summed E-state index contributed by atoms with van der Waals surface area (Å²) in [6, 6.07) is 17.2. The van der Waals surface area contributed by atoms with Crippen molar-refractivity contribution in [2.45, 2.75) is 6.92 Å². The highest BCUT2D eigenvalue weighted by atomic mass is 35.5. The topological polar surface area (TPSA) is 92.7 Å². The number of hydrazone groups is 1. The molecule has 3 aromatic rings. The fourth-order valence-corrected chi connectivity index (χ4v) is 2.54. The normalized spacial score (nSPS) is 10.9. The Labute approximate surface area is 178 Å². The third kappa shape index (κ3) is 6.15. The molecule has 7 nitrogen and oxygen atoms in total. The van der Waals surface area contributed by atoms with Crippen LogP contribution in [0.4, 0.5) is 5.69 Å². The molecule has 2 aromatic carbocycles. The average molecular weight is 423 g/mol. The molecule has 0 saturated heterocycles. The van der Waals surface area contributed by atoms with E-state index in [0.29, 0.717) is 27.7 Å². The van der Waals surface area contributed by atoms with Gasteiger partial charge in [0.15, 0.2) is 6.61 Å². The van der Waals surface area contributed by atoms with Gasteiger partial charge in [0.1, 0.15) is 5.75 Å². The van der Waals surface area contributed by atoms with Crippen LogP contribution >= 0.6 is 11.6 Å². The second-order valence-electron chi connectivity index (χ2n) is 6.25. The predicted molar refractivity (Wildman–Crippen MR) is 116 cm³/mol. The molecule has 0 aliphatic rings. The fraction of sp³-hybridized carbons (Fsp3) is 0.0909. The Balaban J connectivity index is 1.51. The Morgan fingerprint density at radius 2 is 1.77 bits per heavy atom. The smallest absolute Gasteiger partial charge is 0.277 e. The lowest BCUT2D eigenvalue weighted by molar-refractivity contribution is -0.123. The number of rotatable bonds is 7. The molecular weight excluding hydrogens is 404 g/mol. The summed E-state index contributed by atoms with van der Waals surface area (Å²) in [7, 11) is 0. The van der Waals surface area contributed by atoms with Gasteiger partial charge in [-0.3, -0.25) is 14.6 Å². The number of nitrogens with one attached hydrogen (secondary N) is 2. The Bertz CT molecular complexity index is 1040. The van der Waals surface area contributed by atoms with E-state index in [1.807, 2.05) is 0 Å². The summed E-state index contributed by atoms with van der Waals surface area (Å²) in [5.41, 5.74) is 4.98. The van der Waals surface area contributed by atoms with Crippen molar-refractivity contribution >= 4 is 34.8 Å². The first-order valence-corrected chi connectivity index (χ1v) is 9.42.